The van der Waals surface area contributed by atoms with Crippen molar-refractivity contribution in [3.63, 3.8) is 0 Å². The number of hydrogen-bond donors (Lipinski definition) is 1. The zero-order chi connectivity index (χ0) is 21.4. The highest BCUT2D eigenvalue weighted by molar-refractivity contribution is 9.10. The first kappa shape index (κ1) is 22.9. The second kappa shape index (κ2) is 11.0. The summed E-state index contributed by atoms with van der Waals surface area (Å²) in [5, 5.41) is 2.90. The number of hydrogen-bond acceptors (Lipinski definition) is 3. The van der Waals surface area contributed by atoms with Gasteiger partial charge in [0, 0.05) is 17.1 Å². The van der Waals surface area contributed by atoms with E-state index in [4.69, 9.17) is 4.74 Å². The standard InChI is InChI=1S/C22H26BrFN2O3/c1-4-15(2)25-22(28)16(3)26(13-17-5-9-19(24)10-6-17)21(27)14-29-20-11-7-18(23)8-12-20/h5-12,15-16H,4,13-14H2,1-3H3,(H,25,28)/t15-,16+/m1/s1. The number of carbonyl (C=O) groups is 2. The summed E-state index contributed by atoms with van der Waals surface area (Å²) in [6, 6.07) is 12.3. The van der Waals surface area contributed by atoms with Gasteiger partial charge in [0.1, 0.15) is 17.6 Å². The molecule has 5 nitrogen and oxygen atoms in total. The molecular weight excluding hydrogens is 439 g/mol. The largest absolute Gasteiger partial charge is 0.484 e. The highest BCUT2D eigenvalue weighted by Crippen LogP contribution is 2.17. The van der Waals surface area contributed by atoms with E-state index in [-0.39, 0.29) is 36.8 Å². The number of rotatable bonds is 9. The number of halogens is 2. The maximum absolute atomic E-state index is 13.2. The second-order valence-electron chi connectivity index (χ2n) is 6.88. The van der Waals surface area contributed by atoms with Crippen molar-refractivity contribution < 1.29 is 18.7 Å². The van der Waals surface area contributed by atoms with Crippen molar-refractivity contribution in [2.45, 2.75) is 45.8 Å². The minimum atomic E-state index is -0.699. The maximum atomic E-state index is 13.2. The molecule has 0 aliphatic heterocycles. The Labute approximate surface area is 179 Å². The highest BCUT2D eigenvalue weighted by atomic mass is 79.9. The van der Waals surface area contributed by atoms with Crippen LogP contribution in [-0.2, 0) is 16.1 Å². The number of nitrogens with zero attached hydrogens (tertiary/aromatic N) is 1. The third-order valence-electron chi connectivity index (χ3n) is 4.61. The minimum absolute atomic E-state index is 0.00624. The molecule has 0 fully saturated rings. The van der Waals surface area contributed by atoms with Crippen molar-refractivity contribution in [2.24, 2.45) is 0 Å². The average Bonchev–Trinajstić information content (AvgIpc) is 2.72. The molecule has 0 aromatic heterocycles. The molecule has 0 aliphatic carbocycles. The van der Waals surface area contributed by atoms with Crippen LogP contribution in [0.2, 0.25) is 0 Å². The van der Waals surface area contributed by atoms with Crippen molar-refractivity contribution in [2.75, 3.05) is 6.61 Å². The number of amides is 2. The van der Waals surface area contributed by atoms with Crippen LogP contribution in [0.25, 0.3) is 0 Å². The van der Waals surface area contributed by atoms with Gasteiger partial charge in [-0.2, -0.15) is 0 Å². The molecule has 0 radical (unpaired) electrons. The molecule has 2 rings (SSSR count). The second-order valence-corrected chi connectivity index (χ2v) is 7.80. The smallest absolute Gasteiger partial charge is 0.261 e. The van der Waals surface area contributed by atoms with Crippen molar-refractivity contribution in [1.82, 2.24) is 10.2 Å². The van der Waals surface area contributed by atoms with Gasteiger partial charge in [0.05, 0.1) is 0 Å². The van der Waals surface area contributed by atoms with Crippen LogP contribution in [0, 0.1) is 5.82 Å². The fraction of sp³-hybridized carbons (Fsp3) is 0.364. The topological polar surface area (TPSA) is 58.6 Å². The van der Waals surface area contributed by atoms with E-state index in [9.17, 15) is 14.0 Å². The lowest BCUT2D eigenvalue weighted by Gasteiger charge is -2.29. The van der Waals surface area contributed by atoms with E-state index in [1.54, 1.807) is 31.2 Å². The number of nitrogens with one attached hydrogen (secondary N) is 1. The van der Waals surface area contributed by atoms with Crippen molar-refractivity contribution in [3.8, 4) is 5.75 Å². The lowest BCUT2D eigenvalue weighted by atomic mass is 10.1. The van der Waals surface area contributed by atoms with Gasteiger partial charge in [0.25, 0.3) is 5.91 Å². The fourth-order valence-corrected chi connectivity index (χ4v) is 2.86. The molecule has 0 saturated carbocycles. The van der Waals surface area contributed by atoms with E-state index in [2.05, 4.69) is 21.2 Å². The molecule has 2 aromatic carbocycles. The van der Waals surface area contributed by atoms with Gasteiger partial charge in [-0.05, 0) is 62.2 Å². The van der Waals surface area contributed by atoms with Crippen molar-refractivity contribution in [1.29, 1.82) is 0 Å². The van der Waals surface area contributed by atoms with Gasteiger partial charge in [-0.25, -0.2) is 4.39 Å². The number of ether oxygens (including phenoxy) is 1. The normalized spacial score (nSPS) is 12.7. The predicted molar refractivity (Wildman–Crippen MR) is 114 cm³/mol. The fourth-order valence-electron chi connectivity index (χ4n) is 2.59. The third-order valence-corrected chi connectivity index (χ3v) is 5.14. The summed E-state index contributed by atoms with van der Waals surface area (Å²) < 4.78 is 19.7. The van der Waals surface area contributed by atoms with Crippen LogP contribution in [0.1, 0.15) is 32.8 Å². The summed E-state index contributed by atoms with van der Waals surface area (Å²) in [7, 11) is 0. The number of carbonyl (C=O) groups excluding carboxylic acids is 2. The van der Waals surface area contributed by atoms with Gasteiger partial charge >= 0.3 is 0 Å². The van der Waals surface area contributed by atoms with Crippen LogP contribution < -0.4 is 10.1 Å². The minimum Gasteiger partial charge on any atom is -0.484 e. The lowest BCUT2D eigenvalue weighted by molar-refractivity contribution is -0.142. The van der Waals surface area contributed by atoms with E-state index in [1.165, 1.54) is 17.0 Å². The molecule has 2 amide bonds. The Morgan fingerprint density at radius 2 is 1.72 bits per heavy atom. The molecule has 2 aromatic rings. The Kier molecular flexibility index (Phi) is 8.64. The Morgan fingerprint density at radius 3 is 2.31 bits per heavy atom. The summed E-state index contributed by atoms with van der Waals surface area (Å²) in [6.07, 6.45) is 0.789. The SMILES string of the molecule is CC[C@@H](C)NC(=O)[C@H](C)N(Cc1ccc(F)cc1)C(=O)COc1ccc(Br)cc1. The van der Waals surface area contributed by atoms with Gasteiger partial charge < -0.3 is 15.0 Å². The van der Waals surface area contributed by atoms with E-state index >= 15 is 0 Å². The van der Waals surface area contributed by atoms with E-state index in [0.717, 1.165) is 16.5 Å². The highest BCUT2D eigenvalue weighted by Gasteiger charge is 2.27. The molecule has 156 valence electrons. The van der Waals surface area contributed by atoms with Crippen molar-refractivity contribution in [3.05, 3.63) is 64.4 Å². The molecular formula is C22H26BrFN2O3. The van der Waals surface area contributed by atoms with Crippen LogP contribution in [0.15, 0.2) is 53.0 Å². The van der Waals surface area contributed by atoms with E-state index in [1.807, 2.05) is 26.0 Å². The van der Waals surface area contributed by atoms with E-state index in [0.29, 0.717) is 5.75 Å². The van der Waals surface area contributed by atoms with Gasteiger partial charge in [-0.3, -0.25) is 9.59 Å². The van der Waals surface area contributed by atoms with Crippen molar-refractivity contribution >= 4 is 27.7 Å². The molecule has 1 N–H and O–H groups in total. The molecule has 0 unspecified atom stereocenters. The molecule has 0 heterocycles. The van der Waals surface area contributed by atoms with Crippen LogP contribution >= 0.6 is 15.9 Å². The summed E-state index contributed by atoms with van der Waals surface area (Å²) in [4.78, 5) is 26.9. The van der Waals surface area contributed by atoms with Gasteiger partial charge in [-0.1, -0.05) is 35.0 Å². The maximum Gasteiger partial charge on any atom is 0.261 e. The molecule has 2 atom stereocenters. The van der Waals surface area contributed by atoms with Gasteiger partial charge in [-0.15, -0.1) is 0 Å². The Bertz CT molecular complexity index is 812. The van der Waals surface area contributed by atoms with E-state index < -0.39 is 6.04 Å². The zero-order valence-corrected chi connectivity index (χ0v) is 18.4. The first-order valence-electron chi connectivity index (χ1n) is 9.52. The van der Waals surface area contributed by atoms with Crippen LogP contribution in [0.5, 0.6) is 5.75 Å². The first-order chi connectivity index (χ1) is 13.8. The summed E-state index contributed by atoms with van der Waals surface area (Å²) in [5.41, 5.74) is 0.728. The summed E-state index contributed by atoms with van der Waals surface area (Å²) in [6.45, 7) is 5.54. The lowest BCUT2D eigenvalue weighted by Crippen LogP contribution is -2.50. The van der Waals surface area contributed by atoms with Crippen LogP contribution in [0.4, 0.5) is 4.39 Å². The quantitative estimate of drug-likeness (QED) is 0.601. The average molecular weight is 465 g/mol. The number of benzene rings is 2. The molecule has 0 aliphatic rings. The van der Waals surface area contributed by atoms with Gasteiger partial charge in [0.15, 0.2) is 6.61 Å². The first-order valence-corrected chi connectivity index (χ1v) is 10.3. The van der Waals surface area contributed by atoms with Crippen LogP contribution in [-0.4, -0.2) is 35.4 Å². The predicted octanol–water partition coefficient (Wildman–Crippen LogP) is 4.30. The monoisotopic (exact) mass is 464 g/mol. The van der Waals surface area contributed by atoms with Gasteiger partial charge in [0.2, 0.25) is 5.91 Å². The Balaban J connectivity index is 2.13. The van der Waals surface area contributed by atoms with Crippen LogP contribution in [0.3, 0.4) is 0 Å². The molecule has 0 bridgehead atoms. The molecule has 29 heavy (non-hydrogen) atoms. The molecule has 7 heteroatoms. The summed E-state index contributed by atoms with van der Waals surface area (Å²) in [5.74, 6) is -0.366. The zero-order valence-electron chi connectivity index (χ0n) is 16.8. The third kappa shape index (κ3) is 7.16. The Morgan fingerprint density at radius 1 is 1.10 bits per heavy atom. The molecule has 0 saturated heterocycles. The Hall–Kier alpha value is -2.41. The molecule has 0 spiro atoms. The summed E-state index contributed by atoms with van der Waals surface area (Å²) >= 11 is 3.35.